The van der Waals surface area contributed by atoms with E-state index >= 15 is 0 Å². The van der Waals surface area contributed by atoms with Crippen LogP contribution in [0.1, 0.15) is 18.1 Å². The molecule has 104 valence electrons. The first-order chi connectivity index (χ1) is 8.55. The summed E-state index contributed by atoms with van der Waals surface area (Å²) in [7, 11) is 0. The summed E-state index contributed by atoms with van der Waals surface area (Å²) in [6.07, 6.45) is -5.24. The molecule has 0 saturated heterocycles. The predicted molar refractivity (Wildman–Crippen MR) is 57.1 cm³/mol. The fraction of sp³-hybridized carbons (Fsp3) is 0.300. The molecule has 0 radical (unpaired) electrons. The number of hydrogen-bond donors (Lipinski definition) is 1. The summed E-state index contributed by atoms with van der Waals surface area (Å²) in [6, 6.07) is 0.782. The number of anilines is 1. The Morgan fingerprint density at radius 3 is 2.32 bits per heavy atom. The minimum absolute atomic E-state index is 0.457. The number of carbonyl (C=O) groups excluding carboxylic acids is 1. The molecular weight excluding hydrogens is 272 g/mol. The van der Waals surface area contributed by atoms with Crippen LogP contribution in [0.3, 0.4) is 0 Å². The number of benzene rings is 1. The highest BCUT2D eigenvalue weighted by Crippen LogP contribution is 2.43. The van der Waals surface area contributed by atoms with E-state index in [2.05, 4.69) is 0 Å². The molecule has 0 heterocycles. The van der Waals surface area contributed by atoms with E-state index < -0.39 is 45.3 Å². The van der Waals surface area contributed by atoms with E-state index in [0.29, 0.717) is 0 Å². The number of alkyl halides is 3. The van der Waals surface area contributed by atoms with E-state index in [4.69, 9.17) is 0 Å². The third-order valence-corrected chi connectivity index (χ3v) is 2.20. The second kappa shape index (κ2) is 4.82. The first-order valence-electron chi connectivity index (χ1n) is 4.88. The van der Waals surface area contributed by atoms with E-state index in [1.54, 1.807) is 0 Å². The fourth-order valence-electron chi connectivity index (χ4n) is 1.52. The smallest absolute Gasteiger partial charge is 0.321 e. The summed E-state index contributed by atoms with van der Waals surface area (Å²) in [6.45, 7) is 1.98. The number of amides is 1. The van der Waals surface area contributed by atoms with Gasteiger partial charge < -0.3 is 5.32 Å². The second-order valence-corrected chi connectivity index (χ2v) is 3.71. The molecule has 0 aliphatic rings. The van der Waals surface area contributed by atoms with Crippen molar-refractivity contribution >= 4 is 17.3 Å². The molecule has 0 aliphatic carbocycles. The van der Waals surface area contributed by atoms with Crippen molar-refractivity contribution in [2.75, 3.05) is 5.32 Å². The van der Waals surface area contributed by atoms with Gasteiger partial charge in [0.25, 0.3) is 0 Å². The number of nitrogens with one attached hydrogen (secondary N) is 1. The first-order valence-corrected chi connectivity index (χ1v) is 4.88. The van der Waals surface area contributed by atoms with E-state index in [1.807, 2.05) is 5.32 Å². The molecule has 0 bridgehead atoms. The summed E-state index contributed by atoms with van der Waals surface area (Å²) in [5.41, 5.74) is -4.66. The van der Waals surface area contributed by atoms with Gasteiger partial charge in [0.15, 0.2) is 5.56 Å². The summed E-state index contributed by atoms with van der Waals surface area (Å²) in [4.78, 5) is 20.2. The van der Waals surface area contributed by atoms with Gasteiger partial charge >= 0.3 is 11.9 Å². The van der Waals surface area contributed by atoms with Crippen LogP contribution < -0.4 is 5.32 Å². The zero-order valence-electron chi connectivity index (χ0n) is 9.76. The van der Waals surface area contributed by atoms with Gasteiger partial charge in [-0.25, -0.2) is 4.39 Å². The maximum absolute atomic E-state index is 13.5. The van der Waals surface area contributed by atoms with E-state index in [-0.39, 0.29) is 0 Å². The van der Waals surface area contributed by atoms with Gasteiger partial charge in [-0.1, -0.05) is 0 Å². The van der Waals surface area contributed by atoms with Gasteiger partial charge in [0, 0.05) is 6.92 Å². The Kier molecular flexibility index (Phi) is 3.78. The maximum Gasteiger partial charge on any atom is 0.425 e. The van der Waals surface area contributed by atoms with E-state index in [0.717, 1.165) is 19.9 Å². The molecule has 0 unspecified atom stereocenters. The van der Waals surface area contributed by atoms with Crippen LogP contribution in [0.5, 0.6) is 0 Å². The van der Waals surface area contributed by atoms with Crippen molar-refractivity contribution in [3.05, 3.63) is 33.1 Å². The van der Waals surface area contributed by atoms with E-state index in [9.17, 15) is 32.5 Å². The Morgan fingerprint density at radius 2 is 1.95 bits per heavy atom. The molecule has 19 heavy (non-hydrogen) atoms. The minimum Gasteiger partial charge on any atom is -0.321 e. The van der Waals surface area contributed by atoms with Gasteiger partial charge in [-0.3, -0.25) is 14.9 Å². The summed E-state index contributed by atoms with van der Waals surface area (Å²) in [5, 5.41) is 12.6. The molecule has 0 aliphatic heterocycles. The lowest BCUT2D eigenvalue weighted by atomic mass is 10.1. The Morgan fingerprint density at radius 1 is 1.42 bits per heavy atom. The third-order valence-electron chi connectivity index (χ3n) is 2.20. The van der Waals surface area contributed by atoms with Crippen molar-refractivity contribution in [2.24, 2.45) is 0 Å². The average molecular weight is 280 g/mol. The minimum atomic E-state index is -5.24. The number of halogens is 4. The molecule has 1 aromatic carbocycles. The summed E-state index contributed by atoms with van der Waals surface area (Å²) >= 11 is 0. The summed E-state index contributed by atoms with van der Waals surface area (Å²) in [5.74, 6) is -2.53. The number of rotatable bonds is 2. The number of nitro groups is 1. The highest BCUT2D eigenvalue weighted by molar-refractivity contribution is 5.92. The quantitative estimate of drug-likeness (QED) is 0.514. The lowest BCUT2D eigenvalue weighted by molar-refractivity contribution is -0.387. The number of carbonyl (C=O) groups is 1. The largest absolute Gasteiger partial charge is 0.425 e. The first kappa shape index (κ1) is 14.9. The summed E-state index contributed by atoms with van der Waals surface area (Å²) < 4.78 is 51.6. The van der Waals surface area contributed by atoms with E-state index in [1.165, 1.54) is 0 Å². The van der Waals surface area contributed by atoms with Crippen LogP contribution in [0.25, 0.3) is 0 Å². The fourth-order valence-corrected chi connectivity index (χ4v) is 1.52. The van der Waals surface area contributed by atoms with Crippen LogP contribution in [0.4, 0.5) is 28.9 Å². The van der Waals surface area contributed by atoms with Crippen LogP contribution in [0.2, 0.25) is 0 Å². The number of nitrogens with zero attached hydrogens (tertiary/aromatic N) is 1. The van der Waals surface area contributed by atoms with Crippen LogP contribution >= 0.6 is 0 Å². The van der Waals surface area contributed by atoms with Gasteiger partial charge in [-0.05, 0) is 18.6 Å². The monoisotopic (exact) mass is 280 g/mol. The van der Waals surface area contributed by atoms with Gasteiger partial charge in [-0.15, -0.1) is 0 Å². The van der Waals surface area contributed by atoms with Crippen LogP contribution in [0, 0.1) is 22.9 Å². The zero-order valence-corrected chi connectivity index (χ0v) is 9.76. The Hall–Kier alpha value is -2.19. The Bertz CT molecular complexity index is 555. The molecule has 0 saturated carbocycles. The lowest BCUT2D eigenvalue weighted by Crippen LogP contribution is -2.16. The molecule has 5 nitrogen and oxygen atoms in total. The molecule has 1 rings (SSSR count). The van der Waals surface area contributed by atoms with Crippen molar-refractivity contribution in [1.82, 2.24) is 0 Å². The van der Waals surface area contributed by atoms with Gasteiger partial charge in [0.05, 0.1) is 4.92 Å². The van der Waals surface area contributed by atoms with Crippen molar-refractivity contribution in [3.63, 3.8) is 0 Å². The molecule has 1 N–H and O–H groups in total. The Labute approximate surface area is 104 Å². The molecule has 0 atom stereocenters. The molecule has 1 amide bonds. The number of nitro benzene ring substituents is 1. The van der Waals surface area contributed by atoms with Crippen molar-refractivity contribution in [3.8, 4) is 0 Å². The predicted octanol–water partition coefficient (Wildman–Crippen LogP) is 3.02. The molecular formula is C10H8F4N2O3. The van der Waals surface area contributed by atoms with Crippen LogP contribution in [0.15, 0.2) is 6.07 Å². The van der Waals surface area contributed by atoms with Crippen LogP contribution in [-0.4, -0.2) is 10.8 Å². The highest BCUT2D eigenvalue weighted by Gasteiger charge is 2.44. The number of hydrogen-bond acceptors (Lipinski definition) is 3. The molecule has 9 heteroatoms. The van der Waals surface area contributed by atoms with Gasteiger partial charge in [0.2, 0.25) is 5.91 Å². The average Bonchev–Trinajstić information content (AvgIpc) is 2.19. The van der Waals surface area contributed by atoms with Crippen LogP contribution in [-0.2, 0) is 11.0 Å². The molecule has 0 spiro atoms. The second-order valence-electron chi connectivity index (χ2n) is 3.71. The van der Waals surface area contributed by atoms with Crippen molar-refractivity contribution in [2.45, 2.75) is 20.0 Å². The molecule has 1 aromatic rings. The maximum atomic E-state index is 13.5. The molecule has 0 fully saturated rings. The van der Waals surface area contributed by atoms with Crippen molar-refractivity contribution < 1.29 is 27.3 Å². The Balaban J connectivity index is 3.72. The zero-order chi connectivity index (χ0) is 15.0. The lowest BCUT2D eigenvalue weighted by Gasteiger charge is -2.13. The van der Waals surface area contributed by atoms with Crippen molar-refractivity contribution in [1.29, 1.82) is 0 Å². The standard InChI is InChI=1S/C10H8F4N2O3/c1-4-3-6(15-5(2)17)9(16(18)19)7(8(4)11)10(12,13)14/h3H,1-2H3,(H,15,17). The number of aryl methyl sites for hydroxylation is 1. The topological polar surface area (TPSA) is 72.2 Å². The normalized spacial score (nSPS) is 11.3. The van der Waals surface area contributed by atoms with Gasteiger partial charge in [-0.2, -0.15) is 13.2 Å². The van der Waals surface area contributed by atoms with Gasteiger partial charge in [0.1, 0.15) is 11.5 Å². The third kappa shape index (κ3) is 2.98. The molecule has 0 aromatic heterocycles. The SMILES string of the molecule is CC(=O)Nc1cc(C)c(F)c(C(F)(F)F)c1[N+](=O)[O-]. The highest BCUT2D eigenvalue weighted by atomic mass is 19.4.